The van der Waals surface area contributed by atoms with Crippen LogP contribution in [-0.4, -0.2) is 10.9 Å². The van der Waals surface area contributed by atoms with Crippen LogP contribution in [0.1, 0.15) is 32.6 Å². The molecule has 0 heterocycles. The van der Waals surface area contributed by atoms with E-state index in [0.29, 0.717) is 5.17 Å². The van der Waals surface area contributed by atoms with Crippen LogP contribution in [0, 0.1) is 11.8 Å². The number of rotatable bonds is 2. The van der Waals surface area contributed by atoms with Gasteiger partial charge in [0.15, 0.2) is 5.17 Å². The SMILES string of the molecule is CC1CCC(CS/C(N)=N/N)CC1. The summed E-state index contributed by atoms with van der Waals surface area (Å²) in [5.41, 5.74) is 5.51. The van der Waals surface area contributed by atoms with E-state index in [0.717, 1.165) is 17.6 Å². The average Bonchev–Trinajstić information content (AvgIpc) is 2.16. The highest BCUT2D eigenvalue weighted by atomic mass is 32.2. The van der Waals surface area contributed by atoms with E-state index < -0.39 is 0 Å². The molecule has 0 bridgehead atoms. The lowest BCUT2D eigenvalue weighted by molar-refractivity contribution is 0.312. The maximum Gasteiger partial charge on any atom is 0.177 e. The average molecular weight is 201 g/mol. The molecule has 0 amide bonds. The van der Waals surface area contributed by atoms with Crippen molar-refractivity contribution >= 4 is 16.9 Å². The van der Waals surface area contributed by atoms with Crippen LogP contribution in [0.5, 0.6) is 0 Å². The van der Waals surface area contributed by atoms with E-state index in [9.17, 15) is 0 Å². The summed E-state index contributed by atoms with van der Waals surface area (Å²) < 4.78 is 0. The number of amidine groups is 1. The second kappa shape index (κ2) is 5.37. The van der Waals surface area contributed by atoms with Gasteiger partial charge in [-0.2, -0.15) is 5.10 Å². The van der Waals surface area contributed by atoms with Crippen molar-refractivity contribution in [2.75, 3.05) is 5.75 Å². The highest BCUT2D eigenvalue weighted by molar-refractivity contribution is 8.13. The number of nitrogens with zero attached hydrogens (tertiary/aromatic N) is 1. The summed E-state index contributed by atoms with van der Waals surface area (Å²) in [4.78, 5) is 0. The second-order valence-corrected chi connectivity index (χ2v) is 4.94. The molecule has 0 aliphatic heterocycles. The van der Waals surface area contributed by atoms with E-state index in [-0.39, 0.29) is 0 Å². The summed E-state index contributed by atoms with van der Waals surface area (Å²) >= 11 is 1.59. The zero-order chi connectivity index (χ0) is 9.68. The Bertz CT molecular complexity index is 174. The Balaban J connectivity index is 2.16. The van der Waals surface area contributed by atoms with Gasteiger partial charge in [-0.3, -0.25) is 0 Å². The van der Waals surface area contributed by atoms with Crippen molar-refractivity contribution in [3.8, 4) is 0 Å². The van der Waals surface area contributed by atoms with Crippen LogP contribution >= 0.6 is 11.8 Å². The second-order valence-electron chi connectivity index (χ2n) is 3.90. The van der Waals surface area contributed by atoms with Crippen molar-refractivity contribution in [2.45, 2.75) is 32.6 Å². The first-order valence-corrected chi connectivity index (χ1v) is 5.87. The molecule has 13 heavy (non-hydrogen) atoms. The van der Waals surface area contributed by atoms with Crippen LogP contribution < -0.4 is 11.6 Å². The van der Waals surface area contributed by atoms with E-state index in [2.05, 4.69) is 12.0 Å². The first-order valence-electron chi connectivity index (χ1n) is 4.88. The van der Waals surface area contributed by atoms with Crippen LogP contribution in [-0.2, 0) is 0 Å². The molecular weight excluding hydrogens is 182 g/mol. The number of nitrogens with two attached hydrogens (primary N) is 2. The highest BCUT2D eigenvalue weighted by Crippen LogP contribution is 2.30. The fourth-order valence-electron chi connectivity index (χ4n) is 1.74. The van der Waals surface area contributed by atoms with Crippen molar-refractivity contribution in [1.29, 1.82) is 0 Å². The molecule has 0 atom stereocenters. The molecule has 1 aliphatic carbocycles. The molecule has 4 N–H and O–H groups in total. The van der Waals surface area contributed by atoms with Gasteiger partial charge in [-0.05, 0) is 24.7 Å². The summed E-state index contributed by atoms with van der Waals surface area (Å²) in [7, 11) is 0. The largest absolute Gasteiger partial charge is 0.377 e. The molecule has 0 spiro atoms. The highest BCUT2D eigenvalue weighted by Gasteiger charge is 2.18. The molecule has 0 aromatic heterocycles. The third-order valence-corrected chi connectivity index (χ3v) is 3.77. The van der Waals surface area contributed by atoms with Gasteiger partial charge >= 0.3 is 0 Å². The molecular formula is C9H19N3S. The topological polar surface area (TPSA) is 64.4 Å². The summed E-state index contributed by atoms with van der Waals surface area (Å²) in [6.07, 6.45) is 5.41. The molecule has 0 unspecified atom stereocenters. The fraction of sp³-hybridized carbons (Fsp3) is 0.889. The molecule has 3 nitrogen and oxygen atoms in total. The predicted molar refractivity (Wildman–Crippen MR) is 59.4 cm³/mol. The third-order valence-electron chi connectivity index (χ3n) is 2.73. The maximum atomic E-state index is 5.51. The summed E-state index contributed by atoms with van der Waals surface area (Å²) in [5.74, 6) is 7.87. The van der Waals surface area contributed by atoms with E-state index in [4.69, 9.17) is 11.6 Å². The minimum atomic E-state index is 0.513. The molecule has 1 rings (SSSR count). The number of thioether (sulfide) groups is 1. The van der Waals surface area contributed by atoms with Gasteiger partial charge in [0, 0.05) is 5.75 Å². The lowest BCUT2D eigenvalue weighted by Crippen LogP contribution is -2.17. The molecule has 0 radical (unpaired) electrons. The van der Waals surface area contributed by atoms with Gasteiger partial charge in [0.2, 0.25) is 0 Å². The maximum absolute atomic E-state index is 5.51. The Kier molecular flexibility index (Phi) is 4.42. The monoisotopic (exact) mass is 201 g/mol. The molecule has 0 aromatic rings. The molecule has 1 aliphatic rings. The van der Waals surface area contributed by atoms with Crippen LogP contribution in [0.25, 0.3) is 0 Å². The molecule has 1 fully saturated rings. The molecule has 4 heteroatoms. The van der Waals surface area contributed by atoms with Crippen molar-refractivity contribution in [3.63, 3.8) is 0 Å². The fourth-order valence-corrected chi connectivity index (χ4v) is 2.55. The van der Waals surface area contributed by atoms with Gasteiger partial charge in [0.05, 0.1) is 0 Å². The zero-order valence-electron chi connectivity index (χ0n) is 8.20. The Hall–Kier alpha value is -0.380. The first kappa shape index (κ1) is 10.7. The van der Waals surface area contributed by atoms with E-state index >= 15 is 0 Å². The molecule has 76 valence electrons. The third kappa shape index (κ3) is 3.89. The van der Waals surface area contributed by atoms with Crippen LogP contribution in [0.4, 0.5) is 0 Å². The van der Waals surface area contributed by atoms with E-state index in [1.807, 2.05) is 0 Å². The summed E-state index contributed by atoms with van der Waals surface area (Å²) in [5, 5.41) is 3.96. The van der Waals surface area contributed by atoms with Crippen LogP contribution in [0.3, 0.4) is 0 Å². The standard InChI is InChI=1S/C9H19N3S/c1-7-2-4-8(5-3-7)6-13-9(10)12-11/h7-8H,2-6,11H2,1H3,(H2,10,12). The van der Waals surface area contributed by atoms with Gasteiger partial charge in [0.1, 0.15) is 0 Å². The van der Waals surface area contributed by atoms with Crippen molar-refractivity contribution < 1.29 is 0 Å². The van der Waals surface area contributed by atoms with Crippen LogP contribution in [0.2, 0.25) is 0 Å². The van der Waals surface area contributed by atoms with Gasteiger partial charge in [-0.25, -0.2) is 0 Å². The lowest BCUT2D eigenvalue weighted by Gasteiger charge is -2.25. The first-order chi connectivity index (χ1) is 6.22. The Morgan fingerprint density at radius 3 is 2.54 bits per heavy atom. The quantitative estimate of drug-likeness (QED) is 0.309. The summed E-state index contributed by atoms with van der Waals surface area (Å²) in [6, 6.07) is 0. The van der Waals surface area contributed by atoms with Crippen molar-refractivity contribution in [3.05, 3.63) is 0 Å². The number of hydrogen-bond donors (Lipinski definition) is 2. The number of hydrazone groups is 1. The Morgan fingerprint density at radius 2 is 2.00 bits per heavy atom. The smallest absolute Gasteiger partial charge is 0.177 e. The van der Waals surface area contributed by atoms with Gasteiger partial charge < -0.3 is 11.6 Å². The molecule has 0 saturated heterocycles. The zero-order valence-corrected chi connectivity index (χ0v) is 9.02. The van der Waals surface area contributed by atoms with E-state index in [1.54, 1.807) is 11.8 Å². The Labute approximate surface area is 84.3 Å². The molecule has 0 aromatic carbocycles. The van der Waals surface area contributed by atoms with E-state index in [1.165, 1.54) is 25.7 Å². The molecule has 1 saturated carbocycles. The van der Waals surface area contributed by atoms with Gasteiger partial charge in [0.25, 0.3) is 0 Å². The van der Waals surface area contributed by atoms with Crippen molar-refractivity contribution in [2.24, 2.45) is 28.5 Å². The normalized spacial score (nSPS) is 30.4. The summed E-state index contributed by atoms with van der Waals surface area (Å²) in [6.45, 7) is 2.33. The predicted octanol–water partition coefficient (Wildman–Crippen LogP) is 1.73. The minimum absolute atomic E-state index is 0.513. The van der Waals surface area contributed by atoms with Gasteiger partial charge in [-0.15, -0.1) is 0 Å². The van der Waals surface area contributed by atoms with Crippen molar-refractivity contribution in [1.82, 2.24) is 0 Å². The Morgan fingerprint density at radius 1 is 1.38 bits per heavy atom. The lowest BCUT2D eigenvalue weighted by atomic mass is 9.84. The van der Waals surface area contributed by atoms with Gasteiger partial charge in [-0.1, -0.05) is 31.5 Å². The minimum Gasteiger partial charge on any atom is -0.377 e. The number of hydrogen-bond acceptors (Lipinski definition) is 3. The van der Waals surface area contributed by atoms with Crippen LogP contribution in [0.15, 0.2) is 5.10 Å².